The molecule has 7 heteroatoms. The molecule has 0 radical (unpaired) electrons. The molecule has 0 spiro atoms. The van der Waals surface area contributed by atoms with Crippen LogP contribution < -0.4 is 11.5 Å². The minimum Gasteiger partial charge on any atom is -0.469 e. The van der Waals surface area contributed by atoms with Crippen molar-refractivity contribution < 1.29 is 14.3 Å². The van der Waals surface area contributed by atoms with Crippen molar-refractivity contribution in [3.05, 3.63) is 81.9 Å². The van der Waals surface area contributed by atoms with Gasteiger partial charge in [0, 0.05) is 22.3 Å². The Bertz CT molecular complexity index is 1020. The first kappa shape index (κ1) is 21.7. The molecule has 1 fully saturated rings. The van der Waals surface area contributed by atoms with Gasteiger partial charge in [-0.05, 0) is 36.1 Å². The number of allylic oxidation sites excluding steroid dienone is 2. The summed E-state index contributed by atoms with van der Waals surface area (Å²) in [7, 11) is 1.34. The van der Waals surface area contributed by atoms with Crippen LogP contribution in [0.1, 0.15) is 35.1 Å². The Balaban J connectivity index is 1.95. The molecular weight excluding hydrogens is 392 g/mol. The normalized spacial score (nSPS) is 18.7. The number of hydrogen-bond acceptors (Lipinski definition) is 5. The zero-order valence-electron chi connectivity index (χ0n) is 17.1. The van der Waals surface area contributed by atoms with E-state index < -0.39 is 5.92 Å². The summed E-state index contributed by atoms with van der Waals surface area (Å²) in [6.45, 7) is 0. The molecule has 3 rings (SSSR count). The van der Waals surface area contributed by atoms with Gasteiger partial charge in [-0.25, -0.2) is 0 Å². The van der Waals surface area contributed by atoms with Crippen LogP contribution in [0.15, 0.2) is 59.7 Å². The molecule has 0 saturated heterocycles. The molecule has 1 aliphatic rings. The quantitative estimate of drug-likeness (QED) is 0.256. The highest BCUT2D eigenvalue weighted by Gasteiger charge is 2.32. The molecule has 2 aromatic rings. The number of ketones is 1. The molecular formula is C24H24N4O3. The summed E-state index contributed by atoms with van der Waals surface area (Å²) in [6, 6.07) is 14.0. The van der Waals surface area contributed by atoms with E-state index in [1.165, 1.54) is 7.11 Å². The minimum absolute atomic E-state index is 0.0280. The van der Waals surface area contributed by atoms with E-state index in [4.69, 9.17) is 27.0 Å². The monoisotopic (exact) mass is 416 g/mol. The lowest BCUT2D eigenvalue weighted by Gasteiger charge is -2.24. The highest BCUT2D eigenvalue weighted by Crippen LogP contribution is 2.33. The van der Waals surface area contributed by atoms with Crippen molar-refractivity contribution in [1.29, 1.82) is 10.8 Å². The van der Waals surface area contributed by atoms with E-state index in [2.05, 4.69) is 0 Å². The van der Waals surface area contributed by atoms with E-state index in [0.29, 0.717) is 35.1 Å². The summed E-state index contributed by atoms with van der Waals surface area (Å²) in [6.07, 6.45) is 4.10. The SMILES string of the molecule is COC(=O)C1C/C(=C/c2ccc(C(=N)N)cc2)C(=O)/C(=C/c2ccc(C(=N)N)cc2)C1. The molecule has 158 valence electrons. The third-order valence-electron chi connectivity index (χ3n) is 5.18. The van der Waals surface area contributed by atoms with E-state index in [1.54, 1.807) is 60.7 Å². The number of Topliss-reactive ketones (excluding diaryl/α,β-unsaturated/α-hetero) is 1. The molecule has 0 bridgehead atoms. The molecule has 7 nitrogen and oxygen atoms in total. The number of carbonyl (C=O) groups excluding carboxylic acids is 2. The second-order valence-electron chi connectivity index (χ2n) is 7.37. The first-order valence-electron chi connectivity index (χ1n) is 9.71. The van der Waals surface area contributed by atoms with Crippen molar-refractivity contribution in [3.8, 4) is 0 Å². The number of nitrogens with two attached hydrogens (primary N) is 2. The average molecular weight is 416 g/mol. The van der Waals surface area contributed by atoms with Crippen molar-refractivity contribution in [2.45, 2.75) is 12.8 Å². The van der Waals surface area contributed by atoms with Gasteiger partial charge in [0.2, 0.25) is 0 Å². The maximum atomic E-state index is 13.1. The van der Waals surface area contributed by atoms with Crippen LogP contribution in [-0.2, 0) is 14.3 Å². The molecule has 1 unspecified atom stereocenters. The summed E-state index contributed by atoms with van der Waals surface area (Å²) in [5.74, 6) is -0.984. The zero-order valence-corrected chi connectivity index (χ0v) is 17.1. The second-order valence-corrected chi connectivity index (χ2v) is 7.37. The van der Waals surface area contributed by atoms with Crippen molar-refractivity contribution in [3.63, 3.8) is 0 Å². The topological polar surface area (TPSA) is 143 Å². The molecule has 2 aromatic carbocycles. The molecule has 0 amide bonds. The second kappa shape index (κ2) is 9.21. The smallest absolute Gasteiger partial charge is 0.309 e. The fourth-order valence-corrected chi connectivity index (χ4v) is 3.50. The van der Waals surface area contributed by atoms with Gasteiger partial charge in [-0.1, -0.05) is 48.5 Å². The Morgan fingerprint density at radius 2 is 1.26 bits per heavy atom. The van der Waals surface area contributed by atoms with Crippen LogP contribution >= 0.6 is 0 Å². The van der Waals surface area contributed by atoms with Crippen LogP contribution in [0.4, 0.5) is 0 Å². The van der Waals surface area contributed by atoms with Crippen LogP contribution in [-0.4, -0.2) is 30.5 Å². The summed E-state index contributed by atoms with van der Waals surface area (Å²) in [5, 5.41) is 15.0. The highest BCUT2D eigenvalue weighted by atomic mass is 16.5. The Kier molecular flexibility index (Phi) is 6.45. The number of amidine groups is 2. The van der Waals surface area contributed by atoms with Crippen molar-refractivity contribution in [1.82, 2.24) is 0 Å². The van der Waals surface area contributed by atoms with Crippen LogP contribution in [0.5, 0.6) is 0 Å². The number of nitrogens with one attached hydrogen (secondary N) is 2. The number of ether oxygens (including phenoxy) is 1. The Hall–Kier alpha value is -4.00. The molecule has 1 saturated carbocycles. The first-order chi connectivity index (χ1) is 14.8. The van der Waals surface area contributed by atoms with Gasteiger partial charge in [0.05, 0.1) is 13.0 Å². The van der Waals surface area contributed by atoms with Crippen LogP contribution in [0, 0.1) is 16.7 Å². The van der Waals surface area contributed by atoms with E-state index in [1.807, 2.05) is 0 Å². The highest BCUT2D eigenvalue weighted by molar-refractivity contribution is 6.15. The predicted octanol–water partition coefficient (Wildman–Crippen LogP) is 2.87. The molecule has 0 aliphatic heterocycles. The lowest BCUT2D eigenvalue weighted by molar-refractivity contribution is -0.145. The molecule has 0 aromatic heterocycles. The summed E-state index contributed by atoms with van der Waals surface area (Å²) < 4.78 is 4.93. The largest absolute Gasteiger partial charge is 0.469 e. The molecule has 0 heterocycles. The van der Waals surface area contributed by atoms with E-state index in [0.717, 1.165) is 11.1 Å². The average Bonchev–Trinajstić information content (AvgIpc) is 2.76. The van der Waals surface area contributed by atoms with Gasteiger partial charge in [0.1, 0.15) is 11.7 Å². The van der Waals surface area contributed by atoms with Crippen LogP contribution in [0.2, 0.25) is 0 Å². The Morgan fingerprint density at radius 3 is 1.58 bits per heavy atom. The zero-order chi connectivity index (χ0) is 22.5. The number of benzene rings is 2. The van der Waals surface area contributed by atoms with Crippen molar-refractivity contribution in [2.24, 2.45) is 17.4 Å². The summed E-state index contributed by atoms with van der Waals surface area (Å²) in [4.78, 5) is 25.4. The van der Waals surface area contributed by atoms with Gasteiger partial charge >= 0.3 is 5.97 Å². The first-order valence-corrected chi connectivity index (χ1v) is 9.71. The van der Waals surface area contributed by atoms with Crippen LogP contribution in [0.3, 0.4) is 0 Å². The summed E-state index contributed by atoms with van der Waals surface area (Å²) in [5.41, 5.74) is 14.8. The van der Waals surface area contributed by atoms with Gasteiger partial charge in [-0.3, -0.25) is 20.4 Å². The van der Waals surface area contributed by atoms with E-state index >= 15 is 0 Å². The molecule has 31 heavy (non-hydrogen) atoms. The van der Waals surface area contributed by atoms with Gasteiger partial charge in [0.15, 0.2) is 5.78 Å². The number of carbonyl (C=O) groups is 2. The standard InChI is InChI=1S/C24H24N4O3/c1-31-24(30)20-12-18(10-14-2-6-16(7-3-14)22(25)26)21(29)19(13-20)11-15-4-8-17(9-5-15)23(27)28/h2-11,20H,12-13H2,1H3,(H3,25,26)(H3,27,28)/b18-10-,19-11+. The summed E-state index contributed by atoms with van der Waals surface area (Å²) >= 11 is 0. The predicted molar refractivity (Wildman–Crippen MR) is 121 cm³/mol. The lowest BCUT2D eigenvalue weighted by Crippen LogP contribution is -2.26. The van der Waals surface area contributed by atoms with Gasteiger partial charge in [-0.2, -0.15) is 0 Å². The Morgan fingerprint density at radius 1 is 0.871 bits per heavy atom. The Labute approximate surface area is 180 Å². The van der Waals surface area contributed by atoms with Crippen molar-refractivity contribution in [2.75, 3.05) is 7.11 Å². The number of esters is 1. The fourth-order valence-electron chi connectivity index (χ4n) is 3.50. The number of methoxy groups -OCH3 is 1. The van der Waals surface area contributed by atoms with Gasteiger partial charge in [-0.15, -0.1) is 0 Å². The third-order valence-corrected chi connectivity index (χ3v) is 5.18. The fraction of sp³-hybridized carbons (Fsp3) is 0.167. The minimum atomic E-state index is -0.451. The van der Waals surface area contributed by atoms with E-state index in [9.17, 15) is 9.59 Å². The maximum Gasteiger partial charge on any atom is 0.309 e. The molecule has 1 aliphatic carbocycles. The molecule has 1 atom stereocenters. The van der Waals surface area contributed by atoms with E-state index in [-0.39, 0.29) is 23.4 Å². The number of hydrogen-bond donors (Lipinski definition) is 4. The number of rotatable bonds is 5. The van der Waals surface area contributed by atoms with Crippen molar-refractivity contribution >= 4 is 35.6 Å². The molecule has 6 N–H and O–H groups in total. The van der Waals surface area contributed by atoms with Gasteiger partial charge < -0.3 is 16.2 Å². The van der Waals surface area contributed by atoms with Crippen LogP contribution in [0.25, 0.3) is 12.2 Å². The maximum absolute atomic E-state index is 13.1. The third kappa shape index (κ3) is 5.14. The lowest BCUT2D eigenvalue weighted by atomic mass is 9.79. The van der Waals surface area contributed by atoms with Gasteiger partial charge in [0.25, 0.3) is 0 Å². The number of nitrogen functional groups attached to an aromatic ring is 2.